The highest BCUT2D eigenvalue weighted by Gasteiger charge is 2.32. The van der Waals surface area contributed by atoms with Crippen molar-refractivity contribution >= 4 is 22.9 Å². The molecule has 0 aliphatic heterocycles. The van der Waals surface area contributed by atoms with E-state index >= 15 is 0 Å². The van der Waals surface area contributed by atoms with Crippen LogP contribution in [0.15, 0.2) is 67.8 Å². The Labute approximate surface area is 138 Å². The molecule has 0 aliphatic carbocycles. The molecule has 0 bridgehead atoms. The Balaban J connectivity index is 2.25. The van der Waals surface area contributed by atoms with Crippen LogP contribution in [0.25, 0.3) is 34.1 Å². The summed E-state index contributed by atoms with van der Waals surface area (Å²) in [4.78, 5) is 0. The zero-order valence-electron chi connectivity index (χ0n) is 12.9. The van der Waals surface area contributed by atoms with Crippen LogP contribution in [0.3, 0.4) is 0 Å². The summed E-state index contributed by atoms with van der Waals surface area (Å²) in [5.41, 5.74) is 1.85. The molecule has 0 atom stereocenters. The Bertz CT molecular complexity index is 933. The molecule has 0 saturated heterocycles. The summed E-state index contributed by atoms with van der Waals surface area (Å²) >= 11 is 0. The van der Waals surface area contributed by atoms with Gasteiger partial charge >= 0.3 is 6.18 Å². The summed E-state index contributed by atoms with van der Waals surface area (Å²) in [5, 5.41) is 2.08. The van der Waals surface area contributed by atoms with E-state index in [1.807, 2.05) is 36.4 Å². The van der Waals surface area contributed by atoms with Gasteiger partial charge in [0.05, 0.1) is 5.56 Å². The van der Waals surface area contributed by atoms with Crippen molar-refractivity contribution in [2.24, 2.45) is 0 Å². The van der Waals surface area contributed by atoms with Gasteiger partial charge in [0.15, 0.2) is 0 Å². The van der Waals surface area contributed by atoms with E-state index in [-0.39, 0.29) is 5.56 Å². The summed E-state index contributed by atoms with van der Waals surface area (Å²) < 4.78 is 39.2. The highest BCUT2D eigenvalue weighted by Crippen LogP contribution is 2.37. The van der Waals surface area contributed by atoms with Crippen molar-refractivity contribution in [1.82, 2.24) is 0 Å². The van der Waals surface area contributed by atoms with Gasteiger partial charge in [-0.3, -0.25) is 0 Å². The van der Waals surface area contributed by atoms with Crippen LogP contribution in [0.2, 0.25) is 0 Å². The quantitative estimate of drug-likeness (QED) is 0.496. The number of halogens is 3. The molecule has 0 saturated carbocycles. The summed E-state index contributed by atoms with van der Waals surface area (Å²) in [6.07, 6.45) is -1.42. The minimum Gasteiger partial charge on any atom is -0.166 e. The third-order valence-electron chi connectivity index (χ3n) is 4.06. The molecule has 0 fully saturated rings. The fraction of sp³-hybridized carbons (Fsp3) is 0.0476. The number of fused-ring (bicyclic) bond motifs is 1. The normalized spacial score (nSPS) is 11.5. The Morgan fingerprint density at radius 2 is 1.58 bits per heavy atom. The van der Waals surface area contributed by atoms with Gasteiger partial charge < -0.3 is 0 Å². The first-order chi connectivity index (χ1) is 11.5. The molecular weight excluding hydrogens is 309 g/mol. The van der Waals surface area contributed by atoms with Crippen LogP contribution in [0.4, 0.5) is 13.2 Å². The minimum atomic E-state index is -4.40. The van der Waals surface area contributed by atoms with Crippen LogP contribution in [0, 0.1) is 0 Å². The van der Waals surface area contributed by atoms with Gasteiger partial charge in [0, 0.05) is 0 Å². The van der Waals surface area contributed by atoms with Crippen LogP contribution in [-0.2, 0) is 6.18 Å². The maximum atomic E-state index is 13.1. The molecule has 0 heterocycles. The second-order valence-electron chi connectivity index (χ2n) is 5.46. The predicted molar refractivity (Wildman–Crippen MR) is 94.6 cm³/mol. The molecule has 3 aromatic rings. The number of hydrogen-bond acceptors (Lipinski definition) is 0. The fourth-order valence-corrected chi connectivity index (χ4v) is 2.92. The summed E-state index contributed by atoms with van der Waals surface area (Å²) in [7, 11) is 0. The molecule has 3 heteroatoms. The lowest BCUT2D eigenvalue weighted by atomic mass is 9.92. The summed E-state index contributed by atoms with van der Waals surface area (Å²) in [6, 6.07) is 15.8. The van der Waals surface area contributed by atoms with Crippen LogP contribution in [0.1, 0.15) is 16.7 Å². The molecular formula is C21H15F3. The van der Waals surface area contributed by atoms with Gasteiger partial charge in [0.2, 0.25) is 0 Å². The zero-order valence-corrected chi connectivity index (χ0v) is 12.9. The first kappa shape index (κ1) is 16.1. The monoisotopic (exact) mass is 324 g/mol. The van der Waals surface area contributed by atoms with Crippen LogP contribution < -0.4 is 0 Å². The van der Waals surface area contributed by atoms with Gasteiger partial charge in [-0.25, -0.2) is 0 Å². The summed E-state index contributed by atoms with van der Waals surface area (Å²) in [5.74, 6) is 0. The van der Waals surface area contributed by atoms with Gasteiger partial charge in [0.25, 0.3) is 0 Å². The maximum absolute atomic E-state index is 13.1. The topological polar surface area (TPSA) is 0 Å². The zero-order chi connectivity index (χ0) is 17.3. The van der Waals surface area contributed by atoms with E-state index < -0.39 is 11.7 Å². The van der Waals surface area contributed by atoms with E-state index in [1.54, 1.807) is 6.08 Å². The molecule has 0 spiro atoms. The van der Waals surface area contributed by atoms with Crippen LogP contribution in [-0.4, -0.2) is 0 Å². The SMILES string of the molecule is C=Cc1cc(-c2ccc3ccccc3c2C=C)ccc1C(F)(F)F. The molecule has 0 nitrogen and oxygen atoms in total. The molecule has 3 aromatic carbocycles. The molecule has 0 N–H and O–H groups in total. The molecule has 24 heavy (non-hydrogen) atoms. The smallest absolute Gasteiger partial charge is 0.166 e. The van der Waals surface area contributed by atoms with E-state index in [0.717, 1.165) is 28.0 Å². The Morgan fingerprint density at radius 1 is 0.833 bits per heavy atom. The van der Waals surface area contributed by atoms with Crippen molar-refractivity contribution < 1.29 is 13.2 Å². The summed E-state index contributed by atoms with van der Waals surface area (Å²) in [6.45, 7) is 7.38. The lowest BCUT2D eigenvalue weighted by molar-refractivity contribution is -0.137. The Morgan fingerprint density at radius 3 is 2.25 bits per heavy atom. The van der Waals surface area contributed by atoms with Crippen molar-refractivity contribution in [2.45, 2.75) is 6.18 Å². The Hall–Kier alpha value is -2.81. The lowest BCUT2D eigenvalue weighted by Crippen LogP contribution is -2.07. The number of hydrogen-bond donors (Lipinski definition) is 0. The molecule has 0 aliphatic rings. The average Bonchev–Trinajstić information content (AvgIpc) is 2.59. The van der Waals surface area contributed by atoms with Crippen molar-refractivity contribution in [2.75, 3.05) is 0 Å². The first-order valence-electron chi connectivity index (χ1n) is 7.44. The fourth-order valence-electron chi connectivity index (χ4n) is 2.92. The average molecular weight is 324 g/mol. The molecule has 0 unspecified atom stereocenters. The minimum absolute atomic E-state index is 0.0724. The predicted octanol–water partition coefficient (Wildman–Crippen LogP) is 6.81. The van der Waals surface area contributed by atoms with Gasteiger partial charge in [-0.2, -0.15) is 13.2 Å². The molecule has 0 radical (unpaired) electrons. The van der Waals surface area contributed by atoms with Gasteiger partial charge in [-0.05, 0) is 45.2 Å². The van der Waals surface area contributed by atoms with Gasteiger partial charge in [0.1, 0.15) is 0 Å². The van der Waals surface area contributed by atoms with E-state index in [2.05, 4.69) is 13.2 Å². The first-order valence-corrected chi connectivity index (χ1v) is 7.44. The van der Waals surface area contributed by atoms with Crippen molar-refractivity contribution in [3.8, 4) is 11.1 Å². The van der Waals surface area contributed by atoms with Gasteiger partial charge in [-0.15, -0.1) is 0 Å². The second kappa shape index (κ2) is 6.00. The van der Waals surface area contributed by atoms with E-state index in [0.29, 0.717) is 5.56 Å². The third kappa shape index (κ3) is 2.73. The van der Waals surface area contributed by atoms with Crippen molar-refractivity contribution in [3.63, 3.8) is 0 Å². The van der Waals surface area contributed by atoms with Crippen molar-refractivity contribution in [1.29, 1.82) is 0 Å². The third-order valence-corrected chi connectivity index (χ3v) is 4.06. The highest BCUT2D eigenvalue weighted by molar-refractivity contribution is 5.97. The molecule has 0 aromatic heterocycles. The van der Waals surface area contributed by atoms with E-state index in [1.165, 1.54) is 18.2 Å². The number of rotatable bonds is 3. The maximum Gasteiger partial charge on any atom is 0.416 e. The van der Waals surface area contributed by atoms with Crippen molar-refractivity contribution in [3.05, 3.63) is 84.4 Å². The highest BCUT2D eigenvalue weighted by atomic mass is 19.4. The van der Waals surface area contributed by atoms with Gasteiger partial charge in [-0.1, -0.05) is 67.8 Å². The van der Waals surface area contributed by atoms with Crippen LogP contribution in [0.5, 0.6) is 0 Å². The molecule has 3 rings (SSSR count). The number of alkyl halides is 3. The Kier molecular flexibility index (Phi) is 4.02. The standard InChI is InChI=1S/C21H15F3/c1-3-14-13-16(10-12-20(14)21(22,23)24)19-11-9-15-7-5-6-8-18(15)17(19)4-2/h3-13H,1-2H2. The second-order valence-corrected chi connectivity index (χ2v) is 5.46. The lowest BCUT2D eigenvalue weighted by Gasteiger charge is -2.14. The largest absolute Gasteiger partial charge is 0.416 e. The van der Waals surface area contributed by atoms with E-state index in [4.69, 9.17) is 0 Å². The van der Waals surface area contributed by atoms with E-state index in [9.17, 15) is 13.2 Å². The van der Waals surface area contributed by atoms with Crippen LogP contribution >= 0.6 is 0 Å². The molecule has 0 amide bonds. The number of benzene rings is 3. The molecule has 120 valence electrons.